The smallest absolute Gasteiger partial charge is 0.407 e. The average molecular weight is 425 g/mol. The van der Waals surface area contributed by atoms with Gasteiger partial charge in [0.05, 0.1) is 6.20 Å². The fourth-order valence-electron chi connectivity index (χ4n) is 5.24. The maximum atomic E-state index is 11.2. The van der Waals surface area contributed by atoms with Crippen LogP contribution in [0.4, 0.5) is 10.5 Å². The zero-order valence-corrected chi connectivity index (χ0v) is 18.1. The number of hydrogen-bond donors (Lipinski definition) is 1. The van der Waals surface area contributed by atoms with Crippen LogP contribution in [-0.4, -0.2) is 58.7 Å². The Bertz CT molecular complexity index is 913. The number of nitrogens with zero attached hydrogens (tertiary/aromatic N) is 4. The van der Waals surface area contributed by atoms with E-state index in [0.717, 1.165) is 57.4 Å². The average Bonchev–Trinajstić information content (AvgIpc) is 3.30. The van der Waals surface area contributed by atoms with Crippen molar-refractivity contribution in [3.63, 3.8) is 0 Å². The summed E-state index contributed by atoms with van der Waals surface area (Å²) in [5, 5.41) is 13.7. The molecule has 2 saturated heterocycles. The highest BCUT2D eigenvalue weighted by Gasteiger charge is 2.26. The number of hydrogen-bond acceptors (Lipinski definition) is 4. The zero-order valence-electron chi connectivity index (χ0n) is 18.1. The first kappa shape index (κ1) is 20.4. The summed E-state index contributed by atoms with van der Waals surface area (Å²) < 4.78 is 7.84. The molecule has 2 fully saturated rings. The molecule has 1 atom stereocenters. The number of amides is 1. The van der Waals surface area contributed by atoms with E-state index >= 15 is 0 Å². The van der Waals surface area contributed by atoms with Crippen LogP contribution in [0.1, 0.15) is 50.3 Å². The number of carbonyl (C=O) groups is 1. The molecule has 0 spiro atoms. The second-order valence-electron chi connectivity index (χ2n) is 9.14. The molecule has 31 heavy (non-hydrogen) atoms. The van der Waals surface area contributed by atoms with Crippen LogP contribution in [-0.2, 0) is 11.2 Å². The van der Waals surface area contributed by atoms with E-state index in [1.54, 1.807) is 4.90 Å². The molecule has 2 aromatic rings. The first-order valence-electron chi connectivity index (χ1n) is 11.7. The van der Waals surface area contributed by atoms with E-state index in [2.05, 4.69) is 34.4 Å². The SMILES string of the molecule is O=C(O)N1CCC(CN2CCCc3cc(-c4cnn(C5CCCCO5)c4)ccc32)CC1. The van der Waals surface area contributed by atoms with Crippen LogP contribution in [0.25, 0.3) is 11.1 Å². The molecule has 5 rings (SSSR count). The Hall–Kier alpha value is -2.54. The van der Waals surface area contributed by atoms with E-state index in [-0.39, 0.29) is 6.23 Å². The lowest BCUT2D eigenvalue weighted by Crippen LogP contribution is -2.42. The molecule has 3 aliphatic heterocycles. The molecular formula is C24H32N4O3. The van der Waals surface area contributed by atoms with Gasteiger partial charge in [0, 0.05) is 50.2 Å². The van der Waals surface area contributed by atoms with Crippen LogP contribution >= 0.6 is 0 Å². The van der Waals surface area contributed by atoms with E-state index in [0.29, 0.717) is 19.0 Å². The van der Waals surface area contributed by atoms with Crippen LogP contribution < -0.4 is 4.90 Å². The van der Waals surface area contributed by atoms with E-state index in [1.165, 1.54) is 29.7 Å². The van der Waals surface area contributed by atoms with Gasteiger partial charge < -0.3 is 19.6 Å². The molecule has 0 saturated carbocycles. The van der Waals surface area contributed by atoms with E-state index in [9.17, 15) is 9.90 Å². The van der Waals surface area contributed by atoms with Gasteiger partial charge in [-0.2, -0.15) is 5.10 Å². The minimum absolute atomic E-state index is 0.0724. The number of carboxylic acid groups (broad SMARTS) is 1. The third-order valence-electron chi connectivity index (χ3n) is 7.04. The summed E-state index contributed by atoms with van der Waals surface area (Å²) in [4.78, 5) is 15.2. The molecule has 166 valence electrons. The Kier molecular flexibility index (Phi) is 5.85. The minimum atomic E-state index is -0.785. The number of piperidine rings is 1. The topological polar surface area (TPSA) is 70.8 Å². The second kappa shape index (κ2) is 8.91. The van der Waals surface area contributed by atoms with Gasteiger partial charge in [-0.3, -0.25) is 0 Å². The molecule has 0 bridgehead atoms. The highest BCUT2D eigenvalue weighted by molar-refractivity contribution is 5.69. The van der Waals surface area contributed by atoms with Gasteiger partial charge in [-0.15, -0.1) is 0 Å². The largest absolute Gasteiger partial charge is 0.465 e. The van der Waals surface area contributed by atoms with Crippen molar-refractivity contribution in [3.05, 3.63) is 36.2 Å². The van der Waals surface area contributed by atoms with Crippen LogP contribution in [0.5, 0.6) is 0 Å². The van der Waals surface area contributed by atoms with Crippen LogP contribution in [0, 0.1) is 5.92 Å². The van der Waals surface area contributed by atoms with Crippen molar-refractivity contribution in [2.24, 2.45) is 5.92 Å². The minimum Gasteiger partial charge on any atom is -0.465 e. The maximum Gasteiger partial charge on any atom is 0.407 e. The number of anilines is 1. The van der Waals surface area contributed by atoms with Gasteiger partial charge in [0.15, 0.2) is 0 Å². The van der Waals surface area contributed by atoms with Gasteiger partial charge in [-0.05, 0) is 74.1 Å². The standard InChI is InChI=1S/C24H32N4O3/c29-24(30)26-11-8-18(9-12-26)16-27-10-3-4-20-14-19(6-7-22(20)27)21-15-25-28(17-21)23-5-1-2-13-31-23/h6-7,14-15,17-18,23H,1-5,8-13,16H2,(H,29,30). The first-order chi connectivity index (χ1) is 15.2. The maximum absolute atomic E-state index is 11.2. The molecule has 7 heteroatoms. The Morgan fingerprint density at radius 3 is 2.74 bits per heavy atom. The Morgan fingerprint density at radius 2 is 1.97 bits per heavy atom. The van der Waals surface area contributed by atoms with Crippen LogP contribution in [0.3, 0.4) is 0 Å². The summed E-state index contributed by atoms with van der Waals surface area (Å²) in [5.41, 5.74) is 5.12. The molecule has 1 N–H and O–H groups in total. The van der Waals surface area contributed by atoms with Gasteiger partial charge in [-0.25, -0.2) is 9.48 Å². The predicted octanol–water partition coefficient (Wildman–Crippen LogP) is 4.39. The number of aromatic nitrogens is 2. The molecule has 7 nitrogen and oxygen atoms in total. The lowest BCUT2D eigenvalue weighted by atomic mass is 9.93. The van der Waals surface area contributed by atoms with E-state index in [4.69, 9.17) is 4.74 Å². The molecule has 3 aliphatic rings. The highest BCUT2D eigenvalue weighted by atomic mass is 16.5. The Morgan fingerprint density at radius 1 is 1.10 bits per heavy atom. The van der Waals surface area contributed by atoms with Crippen molar-refractivity contribution in [1.82, 2.24) is 14.7 Å². The number of benzene rings is 1. The third kappa shape index (κ3) is 4.42. The molecule has 1 unspecified atom stereocenters. The van der Waals surface area contributed by atoms with Crippen molar-refractivity contribution < 1.29 is 14.6 Å². The molecule has 1 amide bonds. The normalized spacial score (nSPS) is 22.4. The summed E-state index contributed by atoms with van der Waals surface area (Å²) in [6.07, 6.45) is 10.9. The van der Waals surface area contributed by atoms with Gasteiger partial charge >= 0.3 is 6.09 Å². The molecule has 1 aromatic heterocycles. The number of likely N-dealkylation sites (tertiary alicyclic amines) is 1. The first-order valence-corrected chi connectivity index (χ1v) is 11.7. The van der Waals surface area contributed by atoms with Gasteiger partial charge in [0.2, 0.25) is 0 Å². The number of aryl methyl sites for hydroxylation is 1. The van der Waals surface area contributed by atoms with Crippen LogP contribution in [0.2, 0.25) is 0 Å². The fourth-order valence-corrected chi connectivity index (χ4v) is 5.24. The van der Waals surface area contributed by atoms with E-state index in [1.807, 2.05) is 10.9 Å². The zero-order chi connectivity index (χ0) is 21.2. The molecule has 0 radical (unpaired) electrons. The lowest BCUT2D eigenvalue weighted by Gasteiger charge is -2.37. The fraction of sp³-hybridized carbons (Fsp3) is 0.583. The lowest BCUT2D eigenvalue weighted by molar-refractivity contribution is -0.0394. The number of rotatable bonds is 4. The summed E-state index contributed by atoms with van der Waals surface area (Å²) in [7, 11) is 0. The molecule has 1 aromatic carbocycles. The van der Waals surface area contributed by atoms with Crippen LogP contribution in [0.15, 0.2) is 30.6 Å². The highest BCUT2D eigenvalue weighted by Crippen LogP contribution is 2.34. The summed E-state index contributed by atoms with van der Waals surface area (Å²) >= 11 is 0. The second-order valence-corrected chi connectivity index (χ2v) is 9.14. The van der Waals surface area contributed by atoms with Gasteiger partial charge in [0.25, 0.3) is 0 Å². The van der Waals surface area contributed by atoms with Crippen molar-refractivity contribution in [2.45, 2.75) is 51.2 Å². The van der Waals surface area contributed by atoms with Crippen molar-refractivity contribution in [2.75, 3.05) is 37.7 Å². The van der Waals surface area contributed by atoms with Crippen molar-refractivity contribution in [3.8, 4) is 11.1 Å². The van der Waals surface area contributed by atoms with E-state index < -0.39 is 6.09 Å². The quantitative estimate of drug-likeness (QED) is 0.788. The van der Waals surface area contributed by atoms with Gasteiger partial charge in [-0.1, -0.05) is 6.07 Å². The summed E-state index contributed by atoms with van der Waals surface area (Å²) in [6, 6.07) is 6.82. The molecule has 4 heterocycles. The van der Waals surface area contributed by atoms with Crippen molar-refractivity contribution in [1.29, 1.82) is 0 Å². The Balaban J connectivity index is 1.27. The monoisotopic (exact) mass is 424 g/mol. The molecular weight excluding hydrogens is 392 g/mol. The number of ether oxygens (including phenoxy) is 1. The Labute approximate surface area is 183 Å². The summed E-state index contributed by atoms with van der Waals surface area (Å²) in [5.74, 6) is 0.565. The molecule has 0 aliphatic carbocycles. The third-order valence-corrected chi connectivity index (χ3v) is 7.04. The number of fused-ring (bicyclic) bond motifs is 1. The van der Waals surface area contributed by atoms with Crippen molar-refractivity contribution >= 4 is 11.8 Å². The van der Waals surface area contributed by atoms with Gasteiger partial charge in [0.1, 0.15) is 6.23 Å². The predicted molar refractivity (Wildman–Crippen MR) is 119 cm³/mol. The summed E-state index contributed by atoms with van der Waals surface area (Å²) in [6.45, 7) is 4.26.